The lowest BCUT2D eigenvalue weighted by atomic mass is 10.2. The summed E-state index contributed by atoms with van der Waals surface area (Å²) < 4.78 is 10.8. The first-order valence-electron chi connectivity index (χ1n) is 7.73. The molecule has 2 heterocycles. The Kier molecular flexibility index (Phi) is 4.73. The van der Waals surface area contributed by atoms with Crippen molar-refractivity contribution in [1.82, 2.24) is 15.3 Å². The summed E-state index contributed by atoms with van der Waals surface area (Å²) in [6.45, 7) is 4.94. The van der Waals surface area contributed by atoms with Crippen LogP contribution in [0.1, 0.15) is 13.3 Å². The van der Waals surface area contributed by atoms with Crippen LogP contribution in [-0.4, -0.2) is 49.9 Å². The van der Waals surface area contributed by atoms with E-state index < -0.39 is 0 Å². The summed E-state index contributed by atoms with van der Waals surface area (Å²) in [4.78, 5) is 11.0. The molecule has 0 amide bonds. The monoisotopic (exact) mass is 336 g/mol. The van der Waals surface area contributed by atoms with E-state index in [1.807, 2.05) is 12.1 Å². The molecule has 0 unspecified atom stereocenters. The quantitative estimate of drug-likeness (QED) is 0.846. The first-order valence-corrected chi connectivity index (χ1v) is 8.11. The second kappa shape index (κ2) is 6.76. The van der Waals surface area contributed by atoms with Crippen LogP contribution in [0.3, 0.4) is 0 Å². The van der Waals surface area contributed by atoms with Gasteiger partial charge in [-0.05, 0) is 30.6 Å². The van der Waals surface area contributed by atoms with Crippen LogP contribution in [0.5, 0.6) is 11.5 Å². The molecule has 1 saturated heterocycles. The second-order valence-electron chi connectivity index (χ2n) is 5.53. The van der Waals surface area contributed by atoms with Crippen molar-refractivity contribution in [2.45, 2.75) is 19.4 Å². The number of aromatic nitrogens is 2. The van der Waals surface area contributed by atoms with Gasteiger partial charge in [-0.3, -0.25) is 0 Å². The number of likely N-dealkylation sites (N-methyl/N-ethyl adjacent to an activating group) is 1. The first kappa shape index (κ1) is 16.1. The molecule has 1 N–H and O–H groups in total. The summed E-state index contributed by atoms with van der Waals surface area (Å²) in [5.41, 5.74) is 0.754. The van der Waals surface area contributed by atoms with Crippen molar-refractivity contribution in [2.24, 2.45) is 0 Å². The molecule has 2 aromatic rings. The zero-order valence-electron chi connectivity index (χ0n) is 13.6. The molecule has 124 valence electrons. The third-order valence-corrected chi connectivity index (χ3v) is 4.30. The number of nitrogens with one attached hydrogen (secondary N) is 1. The highest BCUT2D eigenvalue weighted by Gasteiger charge is 2.25. The molecule has 1 aromatic heterocycles. The minimum atomic E-state index is 0.242. The molecule has 0 bridgehead atoms. The van der Waals surface area contributed by atoms with Gasteiger partial charge in [0, 0.05) is 30.6 Å². The number of benzene rings is 1. The molecule has 0 radical (unpaired) electrons. The Labute approximate surface area is 140 Å². The van der Waals surface area contributed by atoms with Crippen LogP contribution in [0, 0.1) is 0 Å². The van der Waals surface area contributed by atoms with Crippen molar-refractivity contribution in [3.63, 3.8) is 0 Å². The molecule has 1 atom stereocenters. The predicted molar refractivity (Wildman–Crippen MR) is 91.9 cm³/mol. The van der Waals surface area contributed by atoms with Crippen LogP contribution in [0.15, 0.2) is 12.1 Å². The van der Waals surface area contributed by atoms with Gasteiger partial charge in [0.1, 0.15) is 5.82 Å². The molecule has 23 heavy (non-hydrogen) atoms. The Morgan fingerprint density at radius 1 is 1.26 bits per heavy atom. The molecule has 1 aliphatic rings. The van der Waals surface area contributed by atoms with Crippen LogP contribution >= 0.6 is 11.6 Å². The number of ether oxygens (including phenoxy) is 2. The van der Waals surface area contributed by atoms with Crippen molar-refractivity contribution in [1.29, 1.82) is 0 Å². The molecule has 7 heteroatoms. The minimum Gasteiger partial charge on any atom is -0.493 e. The molecule has 3 rings (SSSR count). The largest absolute Gasteiger partial charge is 0.493 e. The molecule has 1 fully saturated rings. The van der Waals surface area contributed by atoms with Gasteiger partial charge in [0.15, 0.2) is 11.5 Å². The van der Waals surface area contributed by atoms with Crippen molar-refractivity contribution in [2.75, 3.05) is 38.8 Å². The number of halogens is 1. The zero-order valence-corrected chi connectivity index (χ0v) is 14.4. The summed E-state index contributed by atoms with van der Waals surface area (Å²) >= 11 is 6.13. The molecule has 0 spiro atoms. The highest BCUT2D eigenvalue weighted by atomic mass is 35.5. The van der Waals surface area contributed by atoms with Gasteiger partial charge in [-0.2, -0.15) is 4.98 Å². The standard InChI is InChI=1S/C16H21ClN4O2/c1-4-18-10-5-6-21(9-10)15-11-7-13(22-2)14(23-3)8-12(11)19-16(17)20-15/h7-8,10,18H,4-6,9H2,1-3H3/t10-/m0/s1. The molecule has 0 saturated carbocycles. The van der Waals surface area contributed by atoms with Crippen LogP contribution in [0.25, 0.3) is 10.9 Å². The van der Waals surface area contributed by atoms with E-state index in [4.69, 9.17) is 21.1 Å². The normalized spacial score (nSPS) is 17.7. The summed E-state index contributed by atoms with van der Waals surface area (Å²) in [5.74, 6) is 2.14. The van der Waals surface area contributed by atoms with Crippen LogP contribution in [-0.2, 0) is 0 Å². The number of methoxy groups -OCH3 is 2. The number of anilines is 1. The fourth-order valence-electron chi connectivity index (χ4n) is 3.06. The van der Waals surface area contributed by atoms with E-state index >= 15 is 0 Å². The molecular weight excluding hydrogens is 316 g/mol. The van der Waals surface area contributed by atoms with E-state index in [2.05, 4.69) is 27.1 Å². The van der Waals surface area contributed by atoms with Gasteiger partial charge in [-0.1, -0.05) is 6.92 Å². The highest BCUT2D eigenvalue weighted by Crippen LogP contribution is 2.36. The molecule has 1 aliphatic heterocycles. The van der Waals surface area contributed by atoms with E-state index in [0.717, 1.165) is 42.8 Å². The maximum Gasteiger partial charge on any atom is 0.224 e. The van der Waals surface area contributed by atoms with Gasteiger partial charge in [0.25, 0.3) is 0 Å². The first-order chi connectivity index (χ1) is 11.2. The zero-order chi connectivity index (χ0) is 16.4. The summed E-state index contributed by atoms with van der Waals surface area (Å²) in [5, 5.41) is 4.65. The summed E-state index contributed by atoms with van der Waals surface area (Å²) in [7, 11) is 3.23. The number of nitrogens with zero attached hydrogens (tertiary/aromatic N) is 3. The van der Waals surface area contributed by atoms with Gasteiger partial charge >= 0.3 is 0 Å². The van der Waals surface area contributed by atoms with Gasteiger partial charge in [0.2, 0.25) is 5.28 Å². The second-order valence-corrected chi connectivity index (χ2v) is 5.87. The van der Waals surface area contributed by atoms with E-state index in [-0.39, 0.29) is 5.28 Å². The average Bonchev–Trinajstić information content (AvgIpc) is 3.01. The fraction of sp³-hybridized carbons (Fsp3) is 0.500. The van der Waals surface area contributed by atoms with E-state index in [9.17, 15) is 0 Å². The topological polar surface area (TPSA) is 59.5 Å². The number of hydrogen-bond acceptors (Lipinski definition) is 6. The van der Waals surface area contributed by atoms with Crippen molar-refractivity contribution >= 4 is 28.3 Å². The van der Waals surface area contributed by atoms with Crippen molar-refractivity contribution in [3.05, 3.63) is 17.4 Å². The maximum atomic E-state index is 6.13. The van der Waals surface area contributed by atoms with Crippen molar-refractivity contribution < 1.29 is 9.47 Å². The van der Waals surface area contributed by atoms with Gasteiger partial charge in [-0.25, -0.2) is 4.98 Å². The van der Waals surface area contributed by atoms with E-state index in [1.165, 1.54) is 0 Å². The van der Waals surface area contributed by atoms with E-state index in [0.29, 0.717) is 17.5 Å². The number of rotatable bonds is 5. The predicted octanol–water partition coefficient (Wildman–Crippen LogP) is 2.49. The number of hydrogen-bond donors (Lipinski definition) is 1. The lowest BCUT2D eigenvalue weighted by molar-refractivity contribution is 0.356. The Balaban J connectivity index is 2.06. The van der Waals surface area contributed by atoms with Crippen LogP contribution < -0.4 is 19.7 Å². The lowest BCUT2D eigenvalue weighted by Crippen LogP contribution is -2.32. The Hall–Kier alpha value is -1.79. The van der Waals surface area contributed by atoms with Crippen LogP contribution in [0.2, 0.25) is 5.28 Å². The van der Waals surface area contributed by atoms with E-state index in [1.54, 1.807) is 14.2 Å². The fourth-order valence-corrected chi connectivity index (χ4v) is 3.23. The third-order valence-electron chi connectivity index (χ3n) is 4.13. The van der Waals surface area contributed by atoms with Gasteiger partial charge in [-0.15, -0.1) is 0 Å². The summed E-state index contributed by atoms with van der Waals surface area (Å²) in [6.07, 6.45) is 1.09. The molecule has 1 aromatic carbocycles. The van der Waals surface area contributed by atoms with Crippen LogP contribution in [0.4, 0.5) is 5.82 Å². The average molecular weight is 337 g/mol. The maximum absolute atomic E-state index is 6.13. The number of fused-ring (bicyclic) bond motifs is 1. The summed E-state index contributed by atoms with van der Waals surface area (Å²) in [6, 6.07) is 4.23. The lowest BCUT2D eigenvalue weighted by Gasteiger charge is -2.20. The Bertz CT molecular complexity index is 710. The Morgan fingerprint density at radius 3 is 2.70 bits per heavy atom. The van der Waals surface area contributed by atoms with Crippen molar-refractivity contribution in [3.8, 4) is 11.5 Å². The molecular formula is C16H21ClN4O2. The highest BCUT2D eigenvalue weighted by molar-refractivity contribution is 6.28. The minimum absolute atomic E-state index is 0.242. The molecule has 6 nitrogen and oxygen atoms in total. The third kappa shape index (κ3) is 3.14. The Morgan fingerprint density at radius 2 is 2.00 bits per heavy atom. The van der Waals surface area contributed by atoms with Gasteiger partial charge < -0.3 is 19.7 Å². The SMILES string of the molecule is CCN[C@H]1CCN(c2nc(Cl)nc3cc(OC)c(OC)cc23)C1. The smallest absolute Gasteiger partial charge is 0.224 e. The molecule has 0 aliphatic carbocycles. The van der Waals surface area contributed by atoms with Gasteiger partial charge in [0.05, 0.1) is 19.7 Å².